The normalized spacial score (nSPS) is 17.3. The van der Waals surface area contributed by atoms with Gasteiger partial charge in [-0.3, -0.25) is 0 Å². The van der Waals surface area contributed by atoms with Crippen molar-refractivity contribution < 1.29 is 0 Å². The van der Waals surface area contributed by atoms with Gasteiger partial charge in [-0.2, -0.15) is 0 Å². The maximum Gasteiger partial charge on any atom is 0.0544 e. The third-order valence-electron chi connectivity index (χ3n) is 14.7. The zero-order valence-corrected chi connectivity index (χ0v) is 38.0. The Morgan fingerprint density at radius 1 is 0.463 bits per heavy atom. The highest BCUT2D eigenvalue weighted by atomic mass is 15.1. The van der Waals surface area contributed by atoms with Gasteiger partial charge in [-0.05, 0) is 163 Å². The maximum atomic E-state index is 2.56. The molecular formula is C66H51N. The number of aryl methyl sites for hydroxylation is 1. The van der Waals surface area contributed by atoms with E-state index in [1.165, 1.54) is 89.0 Å². The van der Waals surface area contributed by atoms with Crippen LogP contribution in [0.15, 0.2) is 248 Å². The first-order valence-electron chi connectivity index (χ1n) is 23.7. The number of nitrogens with zero attached hydrogens (tertiary/aromatic N) is 1. The Morgan fingerprint density at radius 2 is 1.07 bits per heavy atom. The molecule has 8 aromatic rings. The Bertz CT molecular complexity index is 3330. The van der Waals surface area contributed by atoms with Gasteiger partial charge in [0.15, 0.2) is 0 Å². The largest absolute Gasteiger partial charge is 0.311 e. The van der Waals surface area contributed by atoms with Crippen LogP contribution in [-0.4, -0.2) is 0 Å². The van der Waals surface area contributed by atoms with Crippen LogP contribution in [-0.2, 0) is 5.41 Å². The van der Waals surface area contributed by atoms with E-state index in [0.717, 1.165) is 23.5 Å². The molecule has 0 bridgehead atoms. The first kappa shape index (κ1) is 40.5. The highest BCUT2D eigenvalue weighted by molar-refractivity contribution is 5.94. The third kappa shape index (κ3) is 6.93. The summed E-state index contributed by atoms with van der Waals surface area (Å²) in [7, 11) is 0. The molecule has 2 atom stereocenters. The van der Waals surface area contributed by atoms with Gasteiger partial charge in [-0.25, -0.2) is 0 Å². The van der Waals surface area contributed by atoms with E-state index < -0.39 is 0 Å². The summed E-state index contributed by atoms with van der Waals surface area (Å²) in [5, 5.41) is 0. The van der Waals surface area contributed by atoms with Crippen LogP contribution in [0.5, 0.6) is 0 Å². The fraction of sp³-hybridized carbons (Fsp3) is 0.0909. The van der Waals surface area contributed by atoms with Crippen LogP contribution < -0.4 is 4.90 Å². The van der Waals surface area contributed by atoms with Crippen molar-refractivity contribution in [3.63, 3.8) is 0 Å². The smallest absolute Gasteiger partial charge is 0.0544 e. The molecule has 4 aliphatic carbocycles. The van der Waals surface area contributed by atoms with E-state index in [1.54, 1.807) is 0 Å². The van der Waals surface area contributed by atoms with E-state index in [4.69, 9.17) is 0 Å². The highest BCUT2D eigenvalue weighted by Crippen LogP contribution is 2.67. The summed E-state index contributed by atoms with van der Waals surface area (Å²) in [5.41, 5.74) is 24.1. The zero-order valence-electron chi connectivity index (χ0n) is 38.0. The Labute approximate surface area is 395 Å². The lowest BCUT2D eigenvalue weighted by molar-refractivity contribution is 0.396. The number of benzene rings is 8. The van der Waals surface area contributed by atoms with Gasteiger partial charge in [0.2, 0.25) is 0 Å². The molecule has 320 valence electrons. The lowest BCUT2D eigenvalue weighted by atomic mass is 9.61. The molecule has 0 aromatic heterocycles. The van der Waals surface area contributed by atoms with E-state index in [1.807, 2.05) is 0 Å². The summed E-state index contributed by atoms with van der Waals surface area (Å²) in [6.45, 7) is 4.60. The summed E-state index contributed by atoms with van der Waals surface area (Å²) >= 11 is 0. The van der Waals surface area contributed by atoms with Crippen LogP contribution in [0.3, 0.4) is 0 Å². The predicted molar refractivity (Wildman–Crippen MR) is 284 cm³/mol. The molecule has 67 heavy (non-hydrogen) atoms. The molecule has 8 aromatic carbocycles. The Hall–Kier alpha value is -8.00. The molecule has 0 radical (unpaired) electrons. The van der Waals surface area contributed by atoms with Gasteiger partial charge in [0.25, 0.3) is 0 Å². The summed E-state index contributed by atoms with van der Waals surface area (Å²) in [4.78, 5) is 2.33. The van der Waals surface area contributed by atoms with Gasteiger partial charge in [0, 0.05) is 23.0 Å². The molecule has 1 heteroatoms. The lowest BCUT2D eigenvalue weighted by Crippen LogP contribution is -2.37. The van der Waals surface area contributed by atoms with Crippen molar-refractivity contribution in [3.8, 4) is 33.4 Å². The maximum absolute atomic E-state index is 2.56. The van der Waals surface area contributed by atoms with E-state index in [0.29, 0.717) is 0 Å². The number of rotatable bonds is 8. The zero-order chi connectivity index (χ0) is 44.9. The number of anilines is 3. The van der Waals surface area contributed by atoms with E-state index >= 15 is 0 Å². The second-order valence-corrected chi connectivity index (χ2v) is 18.5. The molecule has 0 N–H and O–H groups in total. The predicted octanol–water partition coefficient (Wildman–Crippen LogP) is 17.3. The van der Waals surface area contributed by atoms with E-state index in [9.17, 15) is 0 Å². The van der Waals surface area contributed by atoms with Crippen molar-refractivity contribution in [1.82, 2.24) is 0 Å². The quantitative estimate of drug-likeness (QED) is 0.147. The van der Waals surface area contributed by atoms with Crippen LogP contribution >= 0.6 is 0 Å². The molecule has 0 fully saturated rings. The Balaban J connectivity index is 0.956. The van der Waals surface area contributed by atoms with Gasteiger partial charge >= 0.3 is 0 Å². The first-order valence-corrected chi connectivity index (χ1v) is 23.7. The first-order chi connectivity index (χ1) is 33.0. The Morgan fingerprint density at radius 3 is 1.79 bits per heavy atom. The molecule has 0 saturated heterocycles. The SMILES string of the molecule is Cc1ccc(N(c2ccccc2)c2ccc(/C=C/C3=CC=C4c5ccc(-c6cc(C7=CC=CC=CC7)cc(-c7ccccc7)c6)cc5C5(c6ccccc6-c6ccccc65)C4C3C)cc2)cc1. The minimum atomic E-state index is -0.366. The molecule has 12 rings (SSSR count). The third-order valence-corrected chi connectivity index (χ3v) is 14.7. The monoisotopic (exact) mass is 857 g/mol. The lowest BCUT2D eigenvalue weighted by Gasteiger charge is -2.40. The number of para-hydroxylation sites is 1. The fourth-order valence-corrected chi connectivity index (χ4v) is 11.6. The molecular weight excluding hydrogens is 807 g/mol. The molecule has 0 aliphatic heterocycles. The average molecular weight is 858 g/mol. The van der Waals surface area contributed by atoms with Crippen molar-refractivity contribution in [3.05, 3.63) is 287 Å². The standard InChI is InChI=1S/C66H51N/c1-45-27-35-56(36-28-45)67(55-21-11-6-12-22-55)57-37-30-47(31-38-57)29-32-48-33-40-61-60-39-34-51(54-42-52(49-17-7-3-4-8-18-49)41-53(43-54)50-19-9-5-10-20-50)44-64(60)66(65(61)46(48)2)62-25-15-13-23-58(62)59-24-14-16-26-63(59)66/h3-17,19-44,46,65H,18H2,1-2H3/b32-29+. The van der Waals surface area contributed by atoms with Crippen LogP contribution in [0.4, 0.5) is 17.1 Å². The minimum absolute atomic E-state index is 0.199. The van der Waals surface area contributed by atoms with Gasteiger partial charge in [-0.1, -0.05) is 201 Å². The van der Waals surface area contributed by atoms with E-state index in [-0.39, 0.29) is 17.3 Å². The minimum Gasteiger partial charge on any atom is -0.311 e. The highest BCUT2D eigenvalue weighted by Gasteiger charge is 2.58. The molecule has 0 saturated carbocycles. The molecule has 1 nitrogen and oxygen atoms in total. The average Bonchev–Trinajstić information content (AvgIpc) is 3.67. The molecule has 4 aliphatic rings. The van der Waals surface area contributed by atoms with Gasteiger partial charge in [0.05, 0.1) is 5.41 Å². The number of hydrogen-bond acceptors (Lipinski definition) is 1. The molecule has 1 spiro atoms. The van der Waals surface area contributed by atoms with Crippen LogP contribution in [0.25, 0.3) is 50.6 Å². The van der Waals surface area contributed by atoms with E-state index in [2.05, 4.69) is 268 Å². The van der Waals surface area contributed by atoms with Gasteiger partial charge < -0.3 is 4.90 Å². The second kappa shape index (κ2) is 16.8. The summed E-state index contributed by atoms with van der Waals surface area (Å²) in [6, 6.07) is 72.3. The number of hydrogen-bond donors (Lipinski definition) is 0. The van der Waals surface area contributed by atoms with Crippen LogP contribution in [0, 0.1) is 18.8 Å². The molecule has 2 unspecified atom stereocenters. The van der Waals surface area contributed by atoms with Crippen LogP contribution in [0.2, 0.25) is 0 Å². The fourth-order valence-electron chi connectivity index (χ4n) is 11.6. The van der Waals surface area contributed by atoms with Crippen LogP contribution in [0.1, 0.15) is 52.3 Å². The van der Waals surface area contributed by atoms with Crippen molar-refractivity contribution in [2.45, 2.75) is 25.7 Å². The van der Waals surface area contributed by atoms with Crippen molar-refractivity contribution in [2.24, 2.45) is 11.8 Å². The van der Waals surface area contributed by atoms with Gasteiger partial charge in [0.1, 0.15) is 0 Å². The topological polar surface area (TPSA) is 3.24 Å². The van der Waals surface area contributed by atoms with Crippen molar-refractivity contribution in [1.29, 1.82) is 0 Å². The number of allylic oxidation sites excluding steroid dienone is 11. The summed E-state index contributed by atoms with van der Waals surface area (Å²) in [5.74, 6) is 0.432. The van der Waals surface area contributed by atoms with Gasteiger partial charge in [-0.15, -0.1) is 0 Å². The Kier molecular flexibility index (Phi) is 10.1. The number of fused-ring (bicyclic) bond motifs is 10. The molecule has 0 amide bonds. The van der Waals surface area contributed by atoms with Crippen molar-refractivity contribution in [2.75, 3.05) is 4.90 Å². The summed E-state index contributed by atoms with van der Waals surface area (Å²) < 4.78 is 0. The second-order valence-electron chi connectivity index (χ2n) is 18.5. The van der Waals surface area contributed by atoms with Crippen molar-refractivity contribution >= 4 is 34.3 Å². The summed E-state index contributed by atoms with van der Waals surface area (Å²) in [6.07, 6.45) is 21.4. The molecule has 0 heterocycles.